The fourth-order valence-electron chi connectivity index (χ4n) is 6.63. The molecule has 5 atom stereocenters. The van der Waals surface area contributed by atoms with Crippen LogP contribution in [0.1, 0.15) is 39.2 Å². The Kier molecular flexibility index (Phi) is 6.75. The molecule has 8 heteroatoms. The van der Waals surface area contributed by atoms with Crippen LogP contribution in [0.15, 0.2) is 54.6 Å². The maximum atomic E-state index is 14.2. The number of ether oxygens (including phenoxy) is 1. The Labute approximate surface area is 218 Å². The predicted molar refractivity (Wildman–Crippen MR) is 138 cm³/mol. The van der Waals surface area contributed by atoms with Crippen molar-refractivity contribution in [3.8, 4) is 0 Å². The van der Waals surface area contributed by atoms with E-state index in [0.717, 1.165) is 5.56 Å². The molecule has 5 rings (SSSR count). The largest absolute Gasteiger partial charge is 0.396 e. The maximum Gasteiger partial charge on any atom is 0.249 e. The van der Waals surface area contributed by atoms with Crippen LogP contribution in [0, 0.1) is 11.8 Å². The molecule has 0 radical (unpaired) electrons. The quantitative estimate of drug-likeness (QED) is 0.451. The molecule has 2 saturated heterocycles. The zero-order chi connectivity index (χ0) is 26.4. The highest BCUT2D eigenvalue weighted by Gasteiger charge is 2.74. The van der Waals surface area contributed by atoms with Crippen LogP contribution in [0.5, 0.6) is 0 Å². The Morgan fingerprint density at radius 3 is 2.41 bits per heavy atom. The lowest BCUT2D eigenvalue weighted by Gasteiger charge is -2.38. The number of nitrogens with zero attached hydrogens (tertiary/aromatic N) is 3. The van der Waals surface area contributed by atoms with E-state index in [4.69, 9.17) is 4.74 Å². The molecule has 0 bridgehead atoms. The molecule has 3 amide bonds. The zero-order valence-electron chi connectivity index (χ0n) is 21.9. The molecule has 4 aliphatic rings. The predicted octanol–water partition coefficient (Wildman–Crippen LogP) is 2.14. The average Bonchev–Trinajstić information content (AvgIpc) is 3.13. The summed E-state index contributed by atoms with van der Waals surface area (Å²) < 4.78 is 6.82. The summed E-state index contributed by atoms with van der Waals surface area (Å²) in [6.45, 7) is 7.43. The molecule has 2 fully saturated rings. The van der Waals surface area contributed by atoms with Crippen molar-refractivity contribution in [2.45, 2.75) is 63.4 Å². The van der Waals surface area contributed by atoms with Gasteiger partial charge in [0.05, 0.1) is 17.4 Å². The molecule has 1 unspecified atom stereocenters. The monoisotopic (exact) mass is 507 g/mol. The van der Waals surface area contributed by atoms with Crippen molar-refractivity contribution in [3.63, 3.8) is 0 Å². The van der Waals surface area contributed by atoms with Crippen molar-refractivity contribution in [3.05, 3.63) is 60.2 Å². The van der Waals surface area contributed by atoms with Gasteiger partial charge in [-0.2, -0.15) is 0 Å². The number of amides is 3. The fraction of sp³-hybridized carbons (Fsp3) is 0.552. The van der Waals surface area contributed by atoms with Gasteiger partial charge in [0, 0.05) is 38.8 Å². The van der Waals surface area contributed by atoms with Crippen LogP contribution < -0.4 is 0 Å². The molecule has 0 saturated carbocycles. The normalized spacial score (nSPS) is 33.1. The summed E-state index contributed by atoms with van der Waals surface area (Å²) >= 11 is 0. The third-order valence-electron chi connectivity index (χ3n) is 8.32. The smallest absolute Gasteiger partial charge is 0.249 e. The molecule has 1 N–H and O–H groups in total. The van der Waals surface area contributed by atoms with Crippen LogP contribution in [-0.2, 0) is 25.7 Å². The average molecular weight is 508 g/mol. The number of aliphatic hydroxyl groups excluding tert-OH is 1. The number of carbonyl (C=O) groups excluding carboxylic acids is 3. The number of hydrogen-bond donors (Lipinski definition) is 1. The molecule has 198 valence electrons. The Bertz CT molecular complexity index is 1120. The van der Waals surface area contributed by atoms with Crippen LogP contribution in [0.4, 0.5) is 0 Å². The highest BCUT2D eigenvalue weighted by molar-refractivity contribution is 6.00. The van der Waals surface area contributed by atoms with E-state index in [1.165, 1.54) is 0 Å². The SMILES string of the molecule is CC(C)N1CC=C[C@]23O[C@]4(C)C=CCN(Cc5ccccc5)C(=O)[C@@H]4[C@H]2C(=O)N(CCCCO)C3C1=O. The van der Waals surface area contributed by atoms with E-state index in [9.17, 15) is 19.5 Å². The van der Waals surface area contributed by atoms with Gasteiger partial charge < -0.3 is 24.5 Å². The second-order valence-corrected chi connectivity index (χ2v) is 11.1. The number of hydrogen-bond acceptors (Lipinski definition) is 5. The van der Waals surface area contributed by atoms with Crippen molar-refractivity contribution in [1.82, 2.24) is 14.7 Å². The minimum atomic E-state index is -1.23. The van der Waals surface area contributed by atoms with Crippen molar-refractivity contribution in [2.24, 2.45) is 11.8 Å². The number of aliphatic hydroxyl groups is 1. The third-order valence-corrected chi connectivity index (χ3v) is 8.32. The van der Waals surface area contributed by atoms with Crippen LogP contribution in [0.3, 0.4) is 0 Å². The van der Waals surface area contributed by atoms with Crippen LogP contribution in [-0.4, -0.2) is 87.1 Å². The van der Waals surface area contributed by atoms with E-state index in [-0.39, 0.29) is 30.4 Å². The van der Waals surface area contributed by atoms with Crippen LogP contribution in [0.2, 0.25) is 0 Å². The lowest BCUT2D eigenvalue weighted by Crippen LogP contribution is -2.57. The van der Waals surface area contributed by atoms with Crippen molar-refractivity contribution < 1.29 is 24.2 Å². The van der Waals surface area contributed by atoms with E-state index in [0.29, 0.717) is 39.0 Å². The summed E-state index contributed by atoms with van der Waals surface area (Å²) in [6.07, 6.45) is 8.75. The summed E-state index contributed by atoms with van der Waals surface area (Å²) in [4.78, 5) is 47.5. The van der Waals surface area contributed by atoms with Gasteiger partial charge in [-0.05, 0) is 39.2 Å². The molecular formula is C29H37N3O5. The molecule has 4 heterocycles. The van der Waals surface area contributed by atoms with Crippen molar-refractivity contribution in [2.75, 3.05) is 26.2 Å². The Morgan fingerprint density at radius 1 is 0.973 bits per heavy atom. The van der Waals surface area contributed by atoms with E-state index in [2.05, 4.69) is 0 Å². The molecule has 0 aliphatic carbocycles. The second kappa shape index (κ2) is 9.72. The van der Waals surface area contributed by atoms with E-state index in [1.807, 2.05) is 75.4 Å². The first-order chi connectivity index (χ1) is 17.7. The van der Waals surface area contributed by atoms with E-state index in [1.54, 1.807) is 14.7 Å². The Hall–Kier alpha value is -2.97. The molecule has 1 aromatic rings. The van der Waals surface area contributed by atoms with Gasteiger partial charge in [0.2, 0.25) is 17.7 Å². The van der Waals surface area contributed by atoms with Crippen molar-refractivity contribution >= 4 is 17.7 Å². The highest BCUT2D eigenvalue weighted by Crippen LogP contribution is 2.57. The van der Waals surface area contributed by atoms with E-state index < -0.39 is 29.1 Å². The summed E-state index contributed by atoms with van der Waals surface area (Å²) in [5.41, 5.74) is -1.23. The molecule has 1 spiro atoms. The van der Waals surface area contributed by atoms with Crippen molar-refractivity contribution in [1.29, 1.82) is 0 Å². The molecule has 8 nitrogen and oxygen atoms in total. The first-order valence-electron chi connectivity index (χ1n) is 13.3. The number of fused-ring (bicyclic) bond motifs is 2. The Morgan fingerprint density at radius 2 is 1.70 bits per heavy atom. The summed E-state index contributed by atoms with van der Waals surface area (Å²) in [6, 6.07) is 8.91. The number of rotatable bonds is 7. The van der Waals surface area contributed by atoms with Gasteiger partial charge in [-0.3, -0.25) is 14.4 Å². The summed E-state index contributed by atoms with van der Waals surface area (Å²) in [7, 11) is 0. The highest BCUT2D eigenvalue weighted by atomic mass is 16.5. The molecule has 37 heavy (non-hydrogen) atoms. The summed E-state index contributed by atoms with van der Waals surface area (Å²) in [5, 5.41) is 9.34. The maximum absolute atomic E-state index is 14.2. The summed E-state index contributed by atoms with van der Waals surface area (Å²) in [5.74, 6) is -2.07. The van der Waals surface area contributed by atoms with Crippen LogP contribution in [0.25, 0.3) is 0 Å². The second-order valence-electron chi connectivity index (χ2n) is 11.1. The van der Waals surface area contributed by atoms with Crippen LogP contribution >= 0.6 is 0 Å². The molecular weight excluding hydrogens is 470 g/mol. The fourth-order valence-corrected chi connectivity index (χ4v) is 6.63. The minimum absolute atomic E-state index is 0.0160. The van der Waals surface area contributed by atoms with Gasteiger partial charge in [0.15, 0.2) is 0 Å². The van der Waals surface area contributed by atoms with Gasteiger partial charge in [-0.15, -0.1) is 0 Å². The third kappa shape index (κ3) is 4.10. The first kappa shape index (κ1) is 25.7. The first-order valence-corrected chi connectivity index (χ1v) is 13.3. The number of benzene rings is 1. The van der Waals surface area contributed by atoms with Gasteiger partial charge in [-0.1, -0.05) is 54.6 Å². The molecule has 4 aliphatic heterocycles. The number of likely N-dealkylation sites (tertiary alicyclic amines) is 1. The number of unbranched alkanes of at least 4 members (excludes halogenated alkanes) is 1. The van der Waals surface area contributed by atoms with Gasteiger partial charge in [-0.25, -0.2) is 0 Å². The molecule has 0 aromatic heterocycles. The minimum Gasteiger partial charge on any atom is -0.396 e. The zero-order valence-corrected chi connectivity index (χ0v) is 21.9. The lowest BCUT2D eigenvalue weighted by atomic mass is 9.74. The van der Waals surface area contributed by atoms with E-state index >= 15 is 0 Å². The van der Waals surface area contributed by atoms with Gasteiger partial charge >= 0.3 is 0 Å². The van der Waals surface area contributed by atoms with Gasteiger partial charge in [0.25, 0.3) is 0 Å². The Balaban J connectivity index is 1.57. The standard InChI is InChI=1S/C29H37N3O5/c1-20(2)31-17-10-14-29-23(26(35)32(16-7-8-18-33)24(29)27(31)36)22-25(34)30(15-9-13-28(22,3)37-29)19-21-11-5-4-6-12-21/h4-6,9-14,20,22-24,33H,7-8,15-19H2,1-3H3/t22-,23-,24?,28+,29-/m0/s1. The van der Waals surface area contributed by atoms with Gasteiger partial charge in [0.1, 0.15) is 11.6 Å². The lowest BCUT2D eigenvalue weighted by molar-refractivity contribution is -0.153. The number of carbonyl (C=O) groups is 3. The molecule has 1 aromatic carbocycles. The topological polar surface area (TPSA) is 90.4 Å².